The molecule has 11 heteroatoms. The van der Waals surface area contributed by atoms with Gasteiger partial charge in [0, 0.05) is 49.4 Å². The maximum Gasteiger partial charge on any atom is 0.164 e. The number of allylic oxidation sites excluding steroid dienone is 2. The van der Waals surface area contributed by atoms with Gasteiger partial charge in [-0.25, -0.2) is 17.6 Å². The Hall–Kier alpha value is -3.82. The second-order valence-electron chi connectivity index (χ2n) is 10.6. The van der Waals surface area contributed by atoms with Crippen LogP contribution in [-0.4, -0.2) is 30.8 Å². The number of aliphatic hydroxyl groups excluding tert-OH is 1. The van der Waals surface area contributed by atoms with Crippen molar-refractivity contribution in [2.45, 2.75) is 41.5 Å². The average molecular weight is 759 g/mol. The fraction of sp³-hybridized carbons (Fsp3) is 0.258. The minimum absolute atomic E-state index is 0. The van der Waals surface area contributed by atoms with Crippen molar-refractivity contribution in [3.05, 3.63) is 109 Å². The van der Waals surface area contributed by atoms with Crippen LogP contribution in [0, 0.1) is 46.8 Å². The molecule has 0 bridgehead atoms. The van der Waals surface area contributed by atoms with Crippen molar-refractivity contribution in [3.63, 3.8) is 0 Å². The summed E-state index contributed by atoms with van der Waals surface area (Å²) in [5.74, 6) is -3.47. The number of halogens is 4. The van der Waals surface area contributed by atoms with Crippen molar-refractivity contribution in [1.82, 2.24) is 19.9 Å². The number of aliphatic hydroxyl groups is 1. The van der Waals surface area contributed by atoms with E-state index >= 15 is 0 Å². The first kappa shape index (κ1) is 36.2. The summed E-state index contributed by atoms with van der Waals surface area (Å²) in [5.41, 5.74) is 0.161. The van der Waals surface area contributed by atoms with Crippen LogP contribution >= 0.6 is 0 Å². The molecular weight excluding hydrogens is 729 g/mol. The maximum atomic E-state index is 13.1. The molecule has 0 spiro atoms. The Bertz CT molecular complexity index is 1390. The number of carbonyl (C=O) groups excluding carboxylic acids is 1. The number of rotatable bonds is 3. The summed E-state index contributed by atoms with van der Waals surface area (Å²) >= 11 is 0. The Balaban J connectivity index is 0.000000312. The van der Waals surface area contributed by atoms with Crippen LogP contribution in [-0.2, 0) is 24.9 Å². The molecule has 4 rings (SSSR count). The van der Waals surface area contributed by atoms with E-state index in [2.05, 4.69) is 32.1 Å². The molecule has 0 amide bonds. The van der Waals surface area contributed by atoms with E-state index in [9.17, 15) is 27.5 Å². The Labute approximate surface area is 256 Å². The Kier molecular flexibility index (Phi) is 13.8. The van der Waals surface area contributed by atoms with Gasteiger partial charge in [-0.3, -0.25) is 14.8 Å². The van der Waals surface area contributed by atoms with E-state index in [4.69, 9.17) is 0 Å². The van der Waals surface area contributed by atoms with Crippen LogP contribution in [0.5, 0.6) is 0 Å². The van der Waals surface area contributed by atoms with E-state index in [0.29, 0.717) is 11.4 Å². The van der Waals surface area contributed by atoms with Crippen LogP contribution in [0.4, 0.5) is 17.6 Å². The second-order valence-corrected chi connectivity index (χ2v) is 10.6. The molecule has 6 nitrogen and oxygen atoms in total. The quantitative estimate of drug-likeness (QED) is 0.0765. The molecule has 4 aromatic rings. The van der Waals surface area contributed by atoms with Gasteiger partial charge in [0.1, 0.15) is 29.5 Å². The minimum Gasteiger partial charge on any atom is -0.512 e. The predicted molar refractivity (Wildman–Crippen MR) is 147 cm³/mol. The molecule has 0 aliphatic rings. The molecule has 0 aliphatic heterocycles. The molecule has 0 aliphatic carbocycles. The van der Waals surface area contributed by atoms with E-state index in [-0.39, 0.29) is 48.2 Å². The first-order valence-electron chi connectivity index (χ1n) is 12.4. The number of hydrogen-bond donors (Lipinski definition) is 1. The normalized spacial score (nSPS) is 11.2. The van der Waals surface area contributed by atoms with Crippen LogP contribution in [0.2, 0.25) is 0 Å². The molecule has 225 valence electrons. The topological polar surface area (TPSA) is 88.9 Å². The molecule has 0 saturated heterocycles. The fourth-order valence-electron chi connectivity index (χ4n) is 2.68. The number of pyridine rings is 4. The number of nitrogens with zero attached hydrogens (tertiary/aromatic N) is 4. The Morgan fingerprint density at radius 1 is 0.738 bits per heavy atom. The summed E-state index contributed by atoms with van der Waals surface area (Å²) in [6, 6.07) is 16.9. The van der Waals surface area contributed by atoms with Gasteiger partial charge in [-0.2, -0.15) is 0 Å². The Morgan fingerprint density at radius 3 is 1.43 bits per heavy atom. The summed E-state index contributed by atoms with van der Waals surface area (Å²) in [4.78, 5) is 25.4. The van der Waals surface area contributed by atoms with Crippen LogP contribution < -0.4 is 0 Å². The van der Waals surface area contributed by atoms with Crippen LogP contribution in [0.25, 0.3) is 22.5 Å². The molecule has 0 atom stereocenters. The zero-order chi connectivity index (χ0) is 30.8. The van der Waals surface area contributed by atoms with Gasteiger partial charge in [-0.15, -0.1) is 12.1 Å². The summed E-state index contributed by atoms with van der Waals surface area (Å²) in [6.45, 7) is 11.1. The summed E-state index contributed by atoms with van der Waals surface area (Å²) < 4.78 is 51.1. The number of aromatic nitrogens is 4. The van der Waals surface area contributed by atoms with E-state index in [1.54, 1.807) is 36.4 Å². The molecule has 1 N–H and O–H groups in total. The van der Waals surface area contributed by atoms with Crippen molar-refractivity contribution >= 4 is 5.78 Å². The third-order valence-electron chi connectivity index (χ3n) is 5.11. The maximum absolute atomic E-state index is 13.1. The first-order chi connectivity index (χ1) is 19.1. The summed E-state index contributed by atoms with van der Waals surface area (Å²) in [7, 11) is 0. The molecule has 1 radical (unpaired) electrons. The van der Waals surface area contributed by atoms with Crippen molar-refractivity contribution in [3.8, 4) is 22.5 Å². The zero-order valence-corrected chi connectivity index (χ0v) is 26.2. The van der Waals surface area contributed by atoms with Gasteiger partial charge in [0.2, 0.25) is 0 Å². The van der Waals surface area contributed by atoms with E-state index in [1.807, 2.05) is 41.5 Å². The second kappa shape index (κ2) is 16.0. The van der Waals surface area contributed by atoms with Gasteiger partial charge in [-0.05, 0) is 23.5 Å². The van der Waals surface area contributed by atoms with E-state index in [0.717, 1.165) is 12.1 Å². The first-order valence-corrected chi connectivity index (χ1v) is 12.4. The predicted octanol–water partition coefficient (Wildman–Crippen LogP) is 7.53. The van der Waals surface area contributed by atoms with Gasteiger partial charge in [0.05, 0.1) is 0 Å². The summed E-state index contributed by atoms with van der Waals surface area (Å²) in [6.07, 6.45) is 4.37. The molecule has 42 heavy (non-hydrogen) atoms. The SMILES string of the molecule is CC(C)(C)C(=O)/C=C(\O)C(C)(C)C.Fc1c[c-]c(-c2ccccn2)c(F)n1.Fc1c[c-]c(-c2ccccn2)c(F)n1.[Ir]. The van der Waals surface area contributed by atoms with Gasteiger partial charge in [-0.1, -0.05) is 89.1 Å². The smallest absolute Gasteiger partial charge is 0.164 e. The van der Waals surface area contributed by atoms with Crippen LogP contribution in [0.3, 0.4) is 0 Å². The third-order valence-corrected chi connectivity index (χ3v) is 5.11. The monoisotopic (exact) mass is 759 g/mol. The molecule has 4 aromatic heterocycles. The molecule has 0 unspecified atom stereocenters. The molecule has 0 aromatic carbocycles. The van der Waals surface area contributed by atoms with Crippen LogP contribution in [0.15, 0.2) is 72.8 Å². The van der Waals surface area contributed by atoms with Crippen LogP contribution in [0.1, 0.15) is 41.5 Å². The van der Waals surface area contributed by atoms with Crippen molar-refractivity contribution < 1.29 is 47.6 Å². The van der Waals surface area contributed by atoms with Crippen molar-refractivity contribution in [2.75, 3.05) is 0 Å². The third kappa shape index (κ3) is 11.6. The standard InChI is InChI=1S/C11H20O2.2C10H5F2N2.Ir/c1-10(2,3)8(12)7-9(13)11(4,5)6;2*11-9-5-4-7(10(12)14-9)8-3-1-2-6-13-8;/h7,12H,1-6H3;2*1-3,5-6H;/q;2*-1;/b8-7-;;;. The fourth-order valence-corrected chi connectivity index (χ4v) is 2.68. The Morgan fingerprint density at radius 2 is 1.14 bits per heavy atom. The van der Waals surface area contributed by atoms with Crippen molar-refractivity contribution in [2.24, 2.45) is 10.8 Å². The van der Waals surface area contributed by atoms with E-state index in [1.165, 1.54) is 18.5 Å². The van der Waals surface area contributed by atoms with Crippen molar-refractivity contribution in [1.29, 1.82) is 0 Å². The molecule has 0 fully saturated rings. The van der Waals surface area contributed by atoms with Gasteiger partial charge < -0.3 is 15.1 Å². The molecule has 0 saturated carbocycles. The minimum atomic E-state index is -0.899. The molecule has 4 heterocycles. The van der Waals surface area contributed by atoms with Gasteiger partial charge in [0.25, 0.3) is 0 Å². The number of ketones is 1. The molecular formula is C31H30F4IrN4O2-2. The van der Waals surface area contributed by atoms with Gasteiger partial charge >= 0.3 is 0 Å². The zero-order valence-electron chi connectivity index (χ0n) is 23.8. The number of carbonyl (C=O) groups is 1. The van der Waals surface area contributed by atoms with Gasteiger partial charge in [0.15, 0.2) is 5.78 Å². The van der Waals surface area contributed by atoms with E-state index < -0.39 is 29.2 Å². The number of hydrogen-bond acceptors (Lipinski definition) is 6. The average Bonchev–Trinajstić information content (AvgIpc) is 2.89. The largest absolute Gasteiger partial charge is 0.512 e. The summed E-state index contributed by atoms with van der Waals surface area (Å²) in [5, 5.41) is 9.56.